The van der Waals surface area contributed by atoms with E-state index in [1.165, 1.54) is 0 Å². The maximum Gasteiger partial charge on any atom is 0.231 e. The van der Waals surface area contributed by atoms with Gasteiger partial charge in [0.2, 0.25) is 5.91 Å². The van der Waals surface area contributed by atoms with Crippen LogP contribution in [-0.4, -0.2) is 26.7 Å². The van der Waals surface area contributed by atoms with Gasteiger partial charge in [-0.3, -0.25) is 9.48 Å². The monoisotopic (exact) mass is 267 g/mol. The number of rotatable bonds is 6. The summed E-state index contributed by atoms with van der Waals surface area (Å²) >= 11 is 0. The van der Waals surface area contributed by atoms with E-state index >= 15 is 0 Å². The number of nitrogens with zero attached hydrogens (tertiary/aromatic N) is 3. The Balaban J connectivity index is 2.65. The number of nitrogens with two attached hydrogens (primary N) is 1. The number of carbonyl (C=O) groups excluding carboxylic acids is 1. The summed E-state index contributed by atoms with van der Waals surface area (Å²) in [6.45, 7) is 4.21. The first kappa shape index (κ1) is 15.0. The van der Waals surface area contributed by atoms with E-state index in [9.17, 15) is 4.79 Å². The van der Waals surface area contributed by atoms with E-state index in [0.29, 0.717) is 13.0 Å². The number of hydrogen-bond acceptors (Lipinski definition) is 4. The number of carbonyl (C=O) groups is 1. The van der Waals surface area contributed by atoms with Crippen molar-refractivity contribution >= 4 is 11.7 Å². The molecule has 1 aromatic rings. The Kier molecular flexibility index (Phi) is 5.35. The van der Waals surface area contributed by atoms with Crippen molar-refractivity contribution in [3.8, 4) is 0 Å². The minimum Gasteiger partial charge on any atom is -0.409 e. The van der Waals surface area contributed by atoms with Crippen LogP contribution >= 0.6 is 0 Å². The molecule has 0 saturated heterocycles. The average Bonchev–Trinajstić information content (AvgIpc) is 2.70. The lowest BCUT2D eigenvalue weighted by Crippen LogP contribution is -2.38. The van der Waals surface area contributed by atoms with E-state index in [1.54, 1.807) is 4.68 Å². The summed E-state index contributed by atoms with van der Waals surface area (Å²) in [4.78, 5) is 12.0. The molecule has 1 atom stereocenters. The molecule has 0 saturated carbocycles. The van der Waals surface area contributed by atoms with E-state index in [-0.39, 0.29) is 11.7 Å². The van der Waals surface area contributed by atoms with Gasteiger partial charge in [0.05, 0.1) is 11.6 Å². The Morgan fingerprint density at radius 3 is 2.84 bits per heavy atom. The molecule has 1 rings (SSSR count). The summed E-state index contributed by atoms with van der Waals surface area (Å²) < 4.78 is 1.70. The van der Waals surface area contributed by atoms with Gasteiger partial charge in [0.25, 0.3) is 0 Å². The molecule has 0 aliphatic carbocycles. The van der Waals surface area contributed by atoms with Crippen LogP contribution in [0.25, 0.3) is 0 Å². The zero-order valence-electron chi connectivity index (χ0n) is 11.6. The van der Waals surface area contributed by atoms with Crippen molar-refractivity contribution in [2.75, 3.05) is 0 Å². The molecule has 0 spiro atoms. The van der Waals surface area contributed by atoms with Gasteiger partial charge in [0.1, 0.15) is 0 Å². The SMILES string of the molecule is CCCC(C(=O)NCc1cn(C)nc1C)C(N)=NO. The zero-order chi connectivity index (χ0) is 14.4. The van der Waals surface area contributed by atoms with Gasteiger partial charge in [-0.25, -0.2) is 0 Å². The van der Waals surface area contributed by atoms with Gasteiger partial charge in [-0.1, -0.05) is 18.5 Å². The van der Waals surface area contributed by atoms with Crippen molar-refractivity contribution in [2.45, 2.75) is 33.2 Å². The van der Waals surface area contributed by atoms with Crippen LogP contribution in [-0.2, 0) is 18.4 Å². The zero-order valence-corrected chi connectivity index (χ0v) is 11.6. The molecule has 1 amide bonds. The molecule has 4 N–H and O–H groups in total. The van der Waals surface area contributed by atoms with Crippen molar-refractivity contribution in [3.63, 3.8) is 0 Å². The van der Waals surface area contributed by atoms with Crippen molar-refractivity contribution < 1.29 is 10.0 Å². The van der Waals surface area contributed by atoms with Gasteiger partial charge >= 0.3 is 0 Å². The molecule has 0 bridgehead atoms. The summed E-state index contributed by atoms with van der Waals surface area (Å²) in [6.07, 6.45) is 3.18. The van der Waals surface area contributed by atoms with Crippen molar-refractivity contribution in [1.82, 2.24) is 15.1 Å². The number of aryl methyl sites for hydroxylation is 2. The number of aromatic nitrogens is 2. The molecule has 0 aliphatic heterocycles. The minimum atomic E-state index is -0.591. The summed E-state index contributed by atoms with van der Waals surface area (Å²) in [5.74, 6) is -0.880. The topological polar surface area (TPSA) is 106 Å². The molecular formula is C12H21N5O2. The highest BCUT2D eigenvalue weighted by Gasteiger charge is 2.22. The third-order valence-corrected chi connectivity index (χ3v) is 2.93. The minimum absolute atomic E-state index is 0.0535. The molecule has 1 unspecified atom stereocenters. The van der Waals surface area contributed by atoms with Crippen LogP contribution in [0.1, 0.15) is 31.0 Å². The fourth-order valence-electron chi connectivity index (χ4n) is 1.90. The Bertz CT molecular complexity index is 467. The Hall–Kier alpha value is -2.05. The normalized spacial score (nSPS) is 13.3. The highest BCUT2D eigenvalue weighted by Crippen LogP contribution is 2.09. The van der Waals surface area contributed by atoms with E-state index in [0.717, 1.165) is 17.7 Å². The van der Waals surface area contributed by atoms with Gasteiger partial charge < -0.3 is 16.3 Å². The van der Waals surface area contributed by atoms with Gasteiger partial charge in [-0.15, -0.1) is 0 Å². The smallest absolute Gasteiger partial charge is 0.231 e. The Morgan fingerprint density at radius 1 is 1.68 bits per heavy atom. The maximum absolute atomic E-state index is 12.0. The number of amidine groups is 1. The van der Waals surface area contributed by atoms with Crippen LogP contribution in [0.5, 0.6) is 0 Å². The number of oxime groups is 1. The molecule has 106 valence electrons. The second kappa shape index (κ2) is 6.77. The highest BCUT2D eigenvalue weighted by atomic mass is 16.4. The summed E-state index contributed by atoms with van der Waals surface area (Å²) in [7, 11) is 1.83. The Labute approximate surface area is 112 Å². The highest BCUT2D eigenvalue weighted by molar-refractivity contribution is 6.01. The molecular weight excluding hydrogens is 246 g/mol. The number of hydrogen-bond donors (Lipinski definition) is 3. The van der Waals surface area contributed by atoms with E-state index in [4.69, 9.17) is 10.9 Å². The maximum atomic E-state index is 12.0. The fraction of sp³-hybridized carbons (Fsp3) is 0.583. The molecule has 7 nitrogen and oxygen atoms in total. The third kappa shape index (κ3) is 3.97. The average molecular weight is 267 g/mol. The van der Waals surface area contributed by atoms with Crippen molar-refractivity contribution in [2.24, 2.45) is 23.9 Å². The first-order valence-electron chi connectivity index (χ1n) is 6.23. The van der Waals surface area contributed by atoms with Gasteiger partial charge in [0, 0.05) is 25.4 Å². The van der Waals surface area contributed by atoms with Crippen LogP contribution in [0.4, 0.5) is 0 Å². The molecule has 7 heteroatoms. The first-order valence-corrected chi connectivity index (χ1v) is 6.23. The van der Waals surface area contributed by atoms with Gasteiger partial charge in [-0.2, -0.15) is 5.10 Å². The van der Waals surface area contributed by atoms with E-state index in [2.05, 4.69) is 15.6 Å². The fourth-order valence-corrected chi connectivity index (χ4v) is 1.90. The lowest BCUT2D eigenvalue weighted by molar-refractivity contribution is -0.123. The molecule has 0 aromatic carbocycles. The molecule has 0 radical (unpaired) electrons. The second-order valence-corrected chi connectivity index (χ2v) is 4.50. The lowest BCUT2D eigenvalue weighted by atomic mass is 10.0. The van der Waals surface area contributed by atoms with Crippen LogP contribution in [0.15, 0.2) is 11.4 Å². The van der Waals surface area contributed by atoms with Gasteiger partial charge in [0.15, 0.2) is 5.84 Å². The van der Waals surface area contributed by atoms with E-state index < -0.39 is 5.92 Å². The van der Waals surface area contributed by atoms with E-state index in [1.807, 2.05) is 27.1 Å². The molecule has 1 aromatic heterocycles. The quantitative estimate of drug-likeness (QED) is 0.302. The first-order chi connectivity index (χ1) is 8.99. The molecule has 0 fully saturated rings. The van der Waals surface area contributed by atoms with Crippen LogP contribution < -0.4 is 11.1 Å². The molecule has 1 heterocycles. The molecule has 19 heavy (non-hydrogen) atoms. The number of nitrogens with one attached hydrogen (secondary N) is 1. The van der Waals surface area contributed by atoms with Gasteiger partial charge in [-0.05, 0) is 13.3 Å². The lowest BCUT2D eigenvalue weighted by Gasteiger charge is -2.14. The molecule has 0 aliphatic rings. The second-order valence-electron chi connectivity index (χ2n) is 4.50. The summed E-state index contributed by atoms with van der Waals surface area (Å²) in [5.41, 5.74) is 7.35. The van der Waals surface area contributed by atoms with Crippen LogP contribution in [0.2, 0.25) is 0 Å². The van der Waals surface area contributed by atoms with Crippen LogP contribution in [0.3, 0.4) is 0 Å². The standard InChI is InChI=1S/C12H21N5O2/c1-4-5-10(11(13)16-19)12(18)14-6-9-7-17(3)15-8(9)2/h7,10,19H,4-6H2,1-3H3,(H2,13,16)(H,14,18). The summed E-state index contributed by atoms with van der Waals surface area (Å²) in [6, 6.07) is 0. The predicted octanol–water partition coefficient (Wildman–Crippen LogP) is 0.507. The van der Waals surface area contributed by atoms with Crippen LogP contribution in [0, 0.1) is 12.8 Å². The van der Waals surface area contributed by atoms with Crippen molar-refractivity contribution in [3.05, 3.63) is 17.5 Å². The number of amides is 1. The third-order valence-electron chi connectivity index (χ3n) is 2.93. The summed E-state index contributed by atoms with van der Waals surface area (Å²) in [5, 5.41) is 18.6. The largest absolute Gasteiger partial charge is 0.409 e. The predicted molar refractivity (Wildman–Crippen MR) is 71.6 cm³/mol. The Morgan fingerprint density at radius 2 is 2.37 bits per heavy atom. The van der Waals surface area contributed by atoms with Crippen molar-refractivity contribution in [1.29, 1.82) is 0 Å².